The van der Waals surface area contributed by atoms with Crippen LogP contribution in [0.3, 0.4) is 0 Å². The van der Waals surface area contributed by atoms with E-state index in [1.54, 1.807) is 6.08 Å². The Hall–Kier alpha value is -3.03. The van der Waals surface area contributed by atoms with Crippen molar-refractivity contribution in [2.45, 2.75) is 426 Å². The van der Waals surface area contributed by atoms with E-state index in [0.717, 1.165) is 83.5 Å². The second-order valence-corrected chi connectivity index (χ2v) is 29.9. The van der Waals surface area contributed by atoms with E-state index in [4.69, 9.17) is 28.4 Å². The molecule has 0 aromatic rings. The van der Waals surface area contributed by atoms with Crippen molar-refractivity contribution in [2.75, 3.05) is 26.4 Å². The third kappa shape index (κ3) is 45.2. The minimum absolute atomic E-state index is 0.230. The number of hydrogen-bond donors (Lipinski definition) is 12. The van der Waals surface area contributed by atoms with E-state index in [0.29, 0.717) is 12.8 Å². The van der Waals surface area contributed by atoms with E-state index in [9.17, 15) is 61.0 Å². The van der Waals surface area contributed by atoms with E-state index in [2.05, 4.69) is 92.1 Å². The average molecular weight is 1490 g/mol. The number of unbranched alkanes of at least 4 members (excludes halogenated alkanes) is 39. The first-order valence-electron chi connectivity index (χ1n) is 42.3. The molecule has 3 heterocycles. The molecular formula is C86H153NO18. The van der Waals surface area contributed by atoms with Crippen LogP contribution in [-0.4, -0.2) is 193 Å². The lowest BCUT2D eigenvalue weighted by molar-refractivity contribution is -0.379. The molecule has 0 aliphatic carbocycles. The zero-order valence-electron chi connectivity index (χ0n) is 65.4. The summed E-state index contributed by atoms with van der Waals surface area (Å²) >= 11 is 0. The number of nitrogens with one attached hydrogen (secondary N) is 1. The van der Waals surface area contributed by atoms with Gasteiger partial charge in [0.05, 0.1) is 38.6 Å². The third-order valence-corrected chi connectivity index (χ3v) is 20.7. The summed E-state index contributed by atoms with van der Waals surface area (Å²) in [6.07, 6.45) is 61.5. The highest BCUT2D eigenvalue weighted by Crippen LogP contribution is 2.33. The quantitative estimate of drug-likeness (QED) is 0.0199. The highest BCUT2D eigenvalue weighted by Gasteiger charge is 2.54. The van der Waals surface area contributed by atoms with Gasteiger partial charge in [0, 0.05) is 6.42 Å². The molecule has 3 aliphatic rings. The van der Waals surface area contributed by atoms with E-state index in [1.165, 1.54) is 205 Å². The van der Waals surface area contributed by atoms with Gasteiger partial charge in [0.2, 0.25) is 5.91 Å². The molecule has 1 amide bonds. The number of allylic oxidation sites excluding steroid dienone is 13. The standard InChI is InChI=1S/C86H153NO18/c1-3-5-7-9-11-13-15-17-19-21-23-25-27-29-31-33-34-36-37-39-41-43-45-47-49-51-53-55-57-59-61-63-70(91)69(87-74(92)64-62-60-58-56-54-52-50-48-46-44-42-40-38-35-32-30-28-26-24-22-20-18-16-14-12-10-8-6-4-2)68-100-84-80(98)77(95)82(72(66-89)102-84)105-86-81(99)78(96)83(73(67-90)103-86)104-85-79(97)76(94)75(93)71(65-88)101-85/h6,8,12,14,18,20,24,26,30,32,53,55,61,63,69-73,75-86,88-91,93-99H,3-5,7,9-11,13,15-17,19,21-23,25,27-29,31,33-52,54,56-60,62,64-68H2,1-2H3,(H,87,92)/b8-6-,14-12-,20-18-,26-24-,32-30-,55-53+,63-61+. The zero-order chi connectivity index (χ0) is 76.0. The Kier molecular flexibility index (Phi) is 60.1. The number of hydrogen-bond acceptors (Lipinski definition) is 18. The van der Waals surface area contributed by atoms with Gasteiger partial charge < -0.3 is 89.9 Å². The van der Waals surface area contributed by atoms with Crippen molar-refractivity contribution in [1.29, 1.82) is 0 Å². The molecule has 17 unspecified atom stereocenters. The van der Waals surface area contributed by atoms with Gasteiger partial charge >= 0.3 is 0 Å². The fourth-order valence-electron chi connectivity index (χ4n) is 13.9. The molecule has 3 fully saturated rings. The Bertz CT molecular complexity index is 2230. The maximum absolute atomic E-state index is 13.5. The van der Waals surface area contributed by atoms with Gasteiger partial charge in [-0.25, -0.2) is 0 Å². The number of carbonyl (C=O) groups is 1. The van der Waals surface area contributed by atoms with E-state index < -0.39 is 124 Å². The molecule has 3 saturated heterocycles. The monoisotopic (exact) mass is 1490 g/mol. The molecule has 17 atom stereocenters. The van der Waals surface area contributed by atoms with Crippen LogP contribution in [0.2, 0.25) is 0 Å². The summed E-state index contributed by atoms with van der Waals surface area (Å²) in [6, 6.07) is -0.997. The van der Waals surface area contributed by atoms with Gasteiger partial charge in [0.15, 0.2) is 18.9 Å². The van der Waals surface area contributed by atoms with Gasteiger partial charge in [-0.3, -0.25) is 4.79 Å². The van der Waals surface area contributed by atoms with Crippen molar-refractivity contribution in [3.8, 4) is 0 Å². The molecule has 3 aliphatic heterocycles. The summed E-state index contributed by atoms with van der Waals surface area (Å²) < 4.78 is 34.5. The normalized spacial score (nSPS) is 26.2. The largest absolute Gasteiger partial charge is 0.394 e. The smallest absolute Gasteiger partial charge is 0.220 e. The molecule has 0 saturated carbocycles. The van der Waals surface area contributed by atoms with Crippen LogP contribution >= 0.6 is 0 Å². The molecule has 19 heteroatoms. The Morgan fingerprint density at radius 2 is 0.667 bits per heavy atom. The maximum atomic E-state index is 13.5. The van der Waals surface area contributed by atoms with Crippen molar-refractivity contribution in [3.05, 3.63) is 85.1 Å². The van der Waals surface area contributed by atoms with Crippen molar-refractivity contribution in [2.24, 2.45) is 0 Å². The van der Waals surface area contributed by atoms with Crippen molar-refractivity contribution in [1.82, 2.24) is 5.32 Å². The number of aliphatic hydroxyl groups excluding tert-OH is 11. The SMILES string of the molecule is CC/C=C\C/C=C\C/C=C\C/C=C\C/C=C\CCCCCCCCCCCCCCCC(=O)NC(COC1OC(CO)C(OC2OC(CO)C(OC3OC(CO)C(O)C(O)C3O)C(O)C2O)C(O)C1O)C(O)/C=C/CC/C=C/CCCCCCCCCCCCCCCCCCCCCCCCCCC. The predicted molar refractivity (Wildman–Crippen MR) is 420 cm³/mol. The minimum Gasteiger partial charge on any atom is -0.394 e. The van der Waals surface area contributed by atoms with Gasteiger partial charge in [-0.1, -0.05) is 324 Å². The van der Waals surface area contributed by atoms with E-state index in [1.807, 2.05) is 6.08 Å². The molecule has 105 heavy (non-hydrogen) atoms. The zero-order valence-corrected chi connectivity index (χ0v) is 65.4. The summed E-state index contributed by atoms with van der Waals surface area (Å²) in [4.78, 5) is 13.5. The highest BCUT2D eigenvalue weighted by molar-refractivity contribution is 5.76. The summed E-state index contributed by atoms with van der Waals surface area (Å²) in [7, 11) is 0. The number of ether oxygens (including phenoxy) is 6. The van der Waals surface area contributed by atoms with Crippen molar-refractivity contribution < 1.29 is 89.4 Å². The van der Waals surface area contributed by atoms with Gasteiger partial charge in [-0.05, 0) is 77.0 Å². The Morgan fingerprint density at radius 3 is 1.07 bits per heavy atom. The Morgan fingerprint density at radius 1 is 0.352 bits per heavy atom. The third-order valence-electron chi connectivity index (χ3n) is 20.7. The van der Waals surface area contributed by atoms with Crippen LogP contribution in [0, 0.1) is 0 Å². The van der Waals surface area contributed by atoms with Gasteiger partial charge in [-0.15, -0.1) is 0 Å². The van der Waals surface area contributed by atoms with Crippen LogP contribution in [0.25, 0.3) is 0 Å². The van der Waals surface area contributed by atoms with E-state index in [-0.39, 0.29) is 18.9 Å². The minimum atomic E-state index is -1.99. The summed E-state index contributed by atoms with van der Waals surface area (Å²) in [5.41, 5.74) is 0. The molecule has 0 aromatic heterocycles. The molecule has 0 aromatic carbocycles. The van der Waals surface area contributed by atoms with Gasteiger partial charge in [0.1, 0.15) is 73.2 Å². The van der Waals surface area contributed by atoms with Crippen LogP contribution in [0.5, 0.6) is 0 Å². The fraction of sp³-hybridized carbons (Fsp3) is 0.826. The molecule has 0 bridgehead atoms. The molecule has 0 spiro atoms. The highest BCUT2D eigenvalue weighted by atomic mass is 16.8. The predicted octanol–water partition coefficient (Wildman–Crippen LogP) is 15.0. The second-order valence-electron chi connectivity index (χ2n) is 29.9. The molecule has 19 nitrogen and oxygen atoms in total. The van der Waals surface area contributed by atoms with Crippen molar-refractivity contribution in [3.63, 3.8) is 0 Å². The second kappa shape index (κ2) is 65.7. The van der Waals surface area contributed by atoms with Gasteiger partial charge in [0.25, 0.3) is 0 Å². The fourth-order valence-corrected chi connectivity index (χ4v) is 13.9. The summed E-state index contributed by atoms with van der Waals surface area (Å²) in [6.45, 7) is 1.64. The van der Waals surface area contributed by atoms with Crippen molar-refractivity contribution >= 4 is 5.91 Å². The summed E-state index contributed by atoms with van der Waals surface area (Å²) in [5.74, 6) is -0.286. The number of amides is 1. The molecule has 12 N–H and O–H groups in total. The van der Waals surface area contributed by atoms with E-state index >= 15 is 0 Å². The van der Waals surface area contributed by atoms with Crippen LogP contribution in [0.4, 0.5) is 0 Å². The molecule has 3 rings (SSSR count). The van der Waals surface area contributed by atoms with Crippen LogP contribution in [0.15, 0.2) is 85.1 Å². The lowest BCUT2D eigenvalue weighted by Crippen LogP contribution is -2.66. The molecule has 0 radical (unpaired) electrons. The molecule has 610 valence electrons. The number of carbonyl (C=O) groups excluding carboxylic acids is 1. The first-order chi connectivity index (χ1) is 51.3. The lowest BCUT2D eigenvalue weighted by Gasteiger charge is -2.48. The summed E-state index contributed by atoms with van der Waals surface area (Å²) in [5, 5.41) is 121. The van der Waals surface area contributed by atoms with Crippen LogP contribution in [0.1, 0.15) is 322 Å². The topological polar surface area (TPSA) is 307 Å². The number of aliphatic hydroxyl groups is 11. The Labute approximate surface area is 635 Å². The maximum Gasteiger partial charge on any atom is 0.220 e. The Balaban J connectivity index is 1.37. The molecular weight excluding hydrogens is 1330 g/mol. The van der Waals surface area contributed by atoms with Crippen LogP contribution in [-0.2, 0) is 33.2 Å². The first-order valence-corrected chi connectivity index (χ1v) is 42.3. The van der Waals surface area contributed by atoms with Gasteiger partial charge in [-0.2, -0.15) is 0 Å². The van der Waals surface area contributed by atoms with Crippen LogP contribution < -0.4 is 5.32 Å². The lowest BCUT2D eigenvalue weighted by atomic mass is 9.96. The first kappa shape index (κ1) is 96.2. The number of rotatable bonds is 67. The average Bonchev–Trinajstić information content (AvgIpc) is 0.781.